The van der Waals surface area contributed by atoms with E-state index in [0.717, 1.165) is 0 Å². The van der Waals surface area contributed by atoms with E-state index in [9.17, 15) is 14.3 Å². The van der Waals surface area contributed by atoms with Crippen molar-refractivity contribution in [3.05, 3.63) is 63.9 Å². The number of fused-ring (bicyclic) bond motifs is 1. The Kier molecular flexibility index (Phi) is 3.20. The Hall–Kier alpha value is -1.91. The van der Waals surface area contributed by atoms with E-state index in [1.165, 1.54) is 6.07 Å². The Balaban J connectivity index is 2.01. The lowest BCUT2D eigenvalue weighted by molar-refractivity contribution is -0.115. The number of hydrogen-bond donors (Lipinski definition) is 2. The minimum Gasteiger partial charge on any atom is -0.384 e. The van der Waals surface area contributed by atoms with Gasteiger partial charge in [-0.1, -0.05) is 29.8 Å². The fourth-order valence-electron chi connectivity index (χ4n) is 2.35. The topological polar surface area (TPSA) is 49.3 Å². The molecule has 0 aliphatic carbocycles. The highest BCUT2D eigenvalue weighted by Crippen LogP contribution is 2.32. The number of carbonyl (C=O) groups excluding carboxylic acids is 1. The Morgan fingerprint density at radius 1 is 1.25 bits per heavy atom. The molecule has 102 valence electrons. The molecule has 1 unspecified atom stereocenters. The van der Waals surface area contributed by atoms with Gasteiger partial charge in [0, 0.05) is 5.02 Å². The van der Waals surface area contributed by atoms with Gasteiger partial charge in [0.15, 0.2) is 0 Å². The number of nitrogens with one attached hydrogen (secondary N) is 1. The van der Waals surface area contributed by atoms with Gasteiger partial charge in [-0.2, -0.15) is 0 Å². The zero-order valence-electron chi connectivity index (χ0n) is 10.4. The molecule has 2 aromatic carbocycles. The van der Waals surface area contributed by atoms with Crippen LogP contribution in [0.5, 0.6) is 0 Å². The molecule has 0 saturated heterocycles. The van der Waals surface area contributed by atoms with E-state index < -0.39 is 11.9 Å². The number of aliphatic hydroxyl groups excluding tert-OH is 1. The molecule has 1 heterocycles. The SMILES string of the molecule is O=C1Cc2cc(C(O)c3cccc(Cl)c3)cc(F)c2N1. The molecule has 0 radical (unpaired) electrons. The minimum atomic E-state index is -0.982. The molecule has 20 heavy (non-hydrogen) atoms. The summed E-state index contributed by atoms with van der Waals surface area (Å²) < 4.78 is 13.9. The van der Waals surface area contributed by atoms with Crippen LogP contribution in [0, 0.1) is 5.82 Å². The first-order valence-corrected chi connectivity index (χ1v) is 6.48. The van der Waals surface area contributed by atoms with Gasteiger partial charge >= 0.3 is 0 Å². The van der Waals surface area contributed by atoms with Crippen molar-refractivity contribution in [3.63, 3.8) is 0 Å². The van der Waals surface area contributed by atoms with E-state index in [2.05, 4.69) is 5.32 Å². The van der Waals surface area contributed by atoms with Gasteiger partial charge in [-0.15, -0.1) is 0 Å². The fraction of sp³-hybridized carbons (Fsp3) is 0.133. The molecule has 0 aromatic heterocycles. The fourth-order valence-corrected chi connectivity index (χ4v) is 2.55. The Morgan fingerprint density at radius 3 is 2.80 bits per heavy atom. The van der Waals surface area contributed by atoms with Crippen LogP contribution in [0.1, 0.15) is 22.8 Å². The van der Waals surface area contributed by atoms with Gasteiger partial charge in [-0.3, -0.25) is 4.79 Å². The van der Waals surface area contributed by atoms with Crippen molar-refractivity contribution in [2.75, 3.05) is 5.32 Å². The molecule has 0 bridgehead atoms. The third-order valence-corrected chi connectivity index (χ3v) is 3.52. The first-order valence-electron chi connectivity index (χ1n) is 6.10. The molecule has 0 spiro atoms. The molecule has 0 saturated carbocycles. The van der Waals surface area contributed by atoms with Gasteiger partial charge < -0.3 is 10.4 Å². The molecule has 5 heteroatoms. The van der Waals surface area contributed by atoms with Crippen molar-refractivity contribution in [2.45, 2.75) is 12.5 Å². The average molecular weight is 292 g/mol. The summed E-state index contributed by atoms with van der Waals surface area (Å²) in [5.41, 5.74) is 1.75. The number of hydrogen-bond acceptors (Lipinski definition) is 2. The summed E-state index contributed by atoms with van der Waals surface area (Å²) in [6, 6.07) is 9.63. The van der Waals surface area contributed by atoms with Crippen molar-refractivity contribution in [2.24, 2.45) is 0 Å². The lowest BCUT2D eigenvalue weighted by atomic mass is 9.98. The van der Waals surface area contributed by atoms with E-state index in [4.69, 9.17) is 11.6 Å². The number of anilines is 1. The van der Waals surface area contributed by atoms with Crippen LogP contribution in [-0.2, 0) is 11.2 Å². The van der Waals surface area contributed by atoms with Gasteiger partial charge in [0.25, 0.3) is 0 Å². The highest BCUT2D eigenvalue weighted by atomic mass is 35.5. The number of benzene rings is 2. The van der Waals surface area contributed by atoms with Crippen LogP contribution in [0.15, 0.2) is 36.4 Å². The normalized spacial score (nSPS) is 14.8. The molecule has 0 fully saturated rings. The Bertz CT molecular complexity index is 702. The highest BCUT2D eigenvalue weighted by molar-refractivity contribution is 6.30. The zero-order chi connectivity index (χ0) is 14.3. The predicted molar refractivity (Wildman–Crippen MR) is 74.2 cm³/mol. The van der Waals surface area contributed by atoms with E-state index in [1.807, 2.05) is 0 Å². The summed E-state index contributed by atoms with van der Waals surface area (Å²) in [6.45, 7) is 0. The maximum atomic E-state index is 13.9. The molecule has 3 nitrogen and oxygen atoms in total. The summed E-state index contributed by atoms with van der Waals surface area (Å²) in [5, 5.41) is 13.3. The third kappa shape index (κ3) is 2.28. The molecule has 1 aliphatic rings. The standard InChI is InChI=1S/C15H11ClFNO2/c16-11-3-1-2-8(5-11)15(20)10-4-9-7-13(19)18-14(9)12(17)6-10/h1-6,15,20H,7H2,(H,18,19). The first kappa shape index (κ1) is 13.1. The van der Waals surface area contributed by atoms with Crippen LogP contribution >= 0.6 is 11.6 Å². The summed E-state index contributed by atoms with van der Waals surface area (Å²) in [7, 11) is 0. The van der Waals surface area contributed by atoms with E-state index in [0.29, 0.717) is 21.7 Å². The maximum Gasteiger partial charge on any atom is 0.228 e. The molecular weight excluding hydrogens is 281 g/mol. The number of aliphatic hydroxyl groups is 1. The van der Waals surface area contributed by atoms with Crippen LogP contribution in [0.4, 0.5) is 10.1 Å². The second-order valence-electron chi connectivity index (χ2n) is 4.72. The summed E-state index contributed by atoms with van der Waals surface area (Å²) in [6.07, 6.45) is -0.855. The van der Waals surface area contributed by atoms with Crippen LogP contribution < -0.4 is 5.32 Å². The number of rotatable bonds is 2. The van der Waals surface area contributed by atoms with E-state index in [-0.39, 0.29) is 18.0 Å². The summed E-state index contributed by atoms with van der Waals surface area (Å²) in [5.74, 6) is -0.780. The van der Waals surface area contributed by atoms with Gasteiger partial charge in [-0.05, 0) is 34.9 Å². The molecule has 3 rings (SSSR count). The quantitative estimate of drug-likeness (QED) is 0.893. The largest absolute Gasteiger partial charge is 0.384 e. The van der Waals surface area contributed by atoms with Gasteiger partial charge in [0.1, 0.15) is 11.9 Å². The number of halogens is 2. The van der Waals surface area contributed by atoms with Gasteiger partial charge in [0.2, 0.25) is 5.91 Å². The molecule has 1 aliphatic heterocycles. The Morgan fingerprint density at radius 2 is 2.05 bits per heavy atom. The molecule has 2 aromatic rings. The van der Waals surface area contributed by atoms with Crippen molar-refractivity contribution in [1.82, 2.24) is 0 Å². The van der Waals surface area contributed by atoms with Crippen LogP contribution in [0.3, 0.4) is 0 Å². The summed E-state index contributed by atoms with van der Waals surface area (Å²) >= 11 is 5.88. The number of amides is 1. The van der Waals surface area contributed by atoms with Gasteiger partial charge in [-0.25, -0.2) is 4.39 Å². The maximum absolute atomic E-state index is 13.9. The van der Waals surface area contributed by atoms with E-state index >= 15 is 0 Å². The monoisotopic (exact) mass is 291 g/mol. The molecule has 2 N–H and O–H groups in total. The van der Waals surface area contributed by atoms with Crippen molar-refractivity contribution in [1.29, 1.82) is 0 Å². The van der Waals surface area contributed by atoms with Crippen LogP contribution in [-0.4, -0.2) is 11.0 Å². The third-order valence-electron chi connectivity index (χ3n) is 3.29. The lowest BCUT2D eigenvalue weighted by Crippen LogP contribution is -2.04. The van der Waals surface area contributed by atoms with Crippen LogP contribution in [0.25, 0.3) is 0 Å². The second-order valence-corrected chi connectivity index (χ2v) is 5.16. The minimum absolute atomic E-state index is 0.127. The van der Waals surface area contributed by atoms with Crippen molar-refractivity contribution < 1.29 is 14.3 Å². The lowest BCUT2D eigenvalue weighted by Gasteiger charge is -2.13. The van der Waals surface area contributed by atoms with Crippen molar-refractivity contribution >= 4 is 23.2 Å². The number of carbonyl (C=O) groups is 1. The summed E-state index contributed by atoms with van der Waals surface area (Å²) in [4.78, 5) is 11.3. The molecule has 1 atom stereocenters. The average Bonchev–Trinajstić information content (AvgIpc) is 2.79. The Labute approximate surface area is 120 Å². The molecular formula is C15H11ClFNO2. The zero-order valence-corrected chi connectivity index (χ0v) is 11.1. The smallest absolute Gasteiger partial charge is 0.228 e. The molecule has 1 amide bonds. The van der Waals surface area contributed by atoms with Gasteiger partial charge in [0.05, 0.1) is 12.1 Å². The second kappa shape index (κ2) is 4.89. The highest BCUT2D eigenvalue weighted by Gasteiger charge is 2.24. The predicted octanol–water partition coefficient (Wildman–Crippen LogP) is 3.06. The first-order chi connectivity index (χ1) is 9.54. The van der Waals surface area contributed by atoms with E-state index in [1.54, 1.807) is 30.3 Å². The van der Waals surface area contributed by atoms with Crippen molar-refractivity contribution in [3.8, 4) is 0 Å². The van der Waals surface area contributed by atoms with Crippen LogP contribution in [0.2, 0.25) is 5.02 Å².